The van der Waals surface area contributed by atoms with Crippen molar-refractivity contribution in [1.82, 2.24) is 5.32 Å². The maximum absolute atomic E-state index is 13.7. The molecule has 0 spiro atoms. The molecule has 1 N–H and O–H groups in total. The van der Waals surface area contributed by atoms with E-state index in [0.29, 0.717) is 48.2 Å². The van der Waals surface area contributed by atoms with Gasteiger partial charge in [-0.2, -0.15) is 0 Å². The fourth-order valence-electron chi connectivity index (χ4n) is 2.95. The summed E-state index contributed by atoms with van der Waals surface area (Å²) in [5.41, 5.74) is 2.67. The van der Waals surface area contributed by atoms with Crippen molar-refractivity contribution in [3.63, 3.8) is 0 Å². The lowest BCUT2D eigenvalue weighted by Gasteiger charge is -2.16. The Bertz CT molecular complexity index is 917. The van der Waals surface area contributed by atoms with E-state index in [1.54, 1.807) is 13.2 Å². The predicted octanol–water partition coefficient (Wildman–Crippen LogP) is 5.40. The molecule has 0 amide bonds. The summed E-state index contributed by atoms with van der Waals surface area (Å²) in [6.07, 6.45) is 0.620. The topological polar surface area (TPSA) is 30.5 Å². The van der Waals surface area contributed by atoms with Gasteiger partial charge in [0.25, 0.3) is 0 Å². The first-order chi connectivity index (χ1) is 13.7. The number of rotatable bonds is 9. The highest BCUT2D eigenvalue weighted by atomic mass is 35.5. The molecule has 3 rings (SSSR count). The van der Waals surface area contributed by atoms with Crippen LogP contribution in [0.15, 0.2) is 66.7 Å². The molecule has 0 fully saturated rings. The highest BCUT2D eigenvalue weighted by Crippen LogP contribution is 2.32. The molecular weight excluding hydrogens is 377 g/mol. The van der Waals surface area contributed by atoms with E-state index < -0.39 is 0 Å². The Balaban J connectivity index is 1.63. The molecule has 0 heterocycles. The minimum absolute atomic E-state index is 0.170. The van der Waals surface area contributed by atoms with E-state index in [9.17, 15) is 4.39 Å². The van der Waals surface area contributed by atoms with E-state index in [1.807, 2.05) is 54.6 Å². The number of nitrogens with one attached hydrogen (secondary N) is 1. The Morgan fingerprint density at radius 1 is 0.964 bits per heavy atom. The number of hydrogen-bond donors (Lipinski definition) is 1. The van der Waals surface area contributed by atoms with Crippen LogP contribution in [0.2, 0.25) is 5.02 Å². The molecule has 3 aromatic rings. The van der Waals surface area contributed by atoms with Crippen LogP contribution < -0.4 is 14.8 Å². The highest BCUT2D eigenvalue weighted by Gasteiger charge is 2.11. The van der Waals surface area contributed by atoms with Crippen LogP contribution in [0.1, 0.15) is 16.7 Å². The van der Waals surface area contributed by atoms with E-state index in [2.05, 4.69) is 5.32 Å². The van der Waals surface area contributed by atoms with Crippen molar-refractivity contribution >= 4 is 11.6 Å². The van der Waals surface area contributed by atoms with Gasteiger partial charge in [0, 0.05) is 17.1 Å². The van der Waals surface area contributed by atoms with Crippen molar-refractivity contribution in [2.24, 2.45) is 0 Å². The summed E-state index contributed by atoms with van der Waals surface area (Å²) in [6.45, 7) is 1.64. The number of halogens is 2. The van der Waals surface area contributed by atoms with Gasteiger partial charge in [0.1, 0.15) is 12.4 Å². The van der Waals surface area contributed by atoms with Crippen molar-refractivity contribution in [3.05, 3.63) is 94.3 Å². The van der Waals surface area contributed by atoms with Crippen molar-refractivity contribution in [1.29, 1.82) is 0 Å². The lowest BCUT2D eigenvalue weighted by molar-refractivity contribution is 0.280. The van der Waals surface area contributed by atoms with E-state index in [0.717, 1.165) is 11.1 Å². The zero-order valence-corrected chi connectivity index (χ0v) is 16.5. The van der Waals surface area contributed by atoms with Gasteiger partial charge in [0.15, 0.2) is 11.5 Å². The SMILES string of the molecule is COc1cccc(CNCCc2ccccc2F)c1OCc1cccc(Cl)c1. The van der Waals surface area contributed by atoms with E-state index in [4.69, 9.17) is 21.1 Å². The molecule has 3 aromatic carbocycles. The molecule has 0 radical (unpaired) electrons. The fourth-order valence-corrected chi connectivity index (χ4v) is 3.17. The molecule has 0 saturated heterocycles. The maximum atomic E-state index is 13.7. The minimum atomic E-state index is -0.170. The van der Waals surface area contributed by atoms with Gasteiger partial charge in [0.2, 0.25) is 0 Å². The first-order valence-corrected chi connectivity index (χ1v) is 9.52. The molecule has 0 aliphatic carbocycles. The lowest BCUT2D eigenvalue weighted by atomic mass is 10.1. The van der Waals surface area contributed by atoms with Gasteiger partial charge in [-0.05, 0) is 48.4 Å². The number of methoxy groups -OCH3 is 1. The lowest BCUT2D eigenvalue weighted by Crippen LogP contribution is -2.18. The summed E-state index contributed by atoms with van der Waals surface area (Å²) >= 11 is 6.05. The third kappa shape index (κ3) is 5.47. The average molecular weight is 400 g/mol. The first kappa shape index (κ1) is 20.2. The second-order valence-electron chi connectivity index (χ2n) is 6.39. The molecule has 0 saturated carbocycles. The third-order valence-corrected chi connectivity index (χ3v) is 4.63. The Labute approximate surface area is 170 Å². The van der Waals surface area contributed by atoms with Crippen LogP contribution in [0.3, 0.4) is 0 Å². The second kappa shape index (κ2) is 10.1. The van der Waals surface area contributed by atoms with E-state index >= 15 is 0 Å². The zero-order chi connectivity index (χ0) is 19.8. The van der Waals surface area contributed by atoms with Crippen LogP contribution in [0.5, 0.6) is 11.5 Å². The maximum Gasteiger partial charge on any atom is 0.166 e. The van der Waals surface area contributed by atoms with Gasteiger partial charge in [-0.15, -0.1) is 0 Å². The molecule has 0 aliphatic heterocycles. The number of hydrogen-bond acceptors (Lipinski definition) is 3. The summed E-state index contributed by atoms with van der Waals surface area (Å²) in [5, 5.41) is 4.03. The molecule has 146 valence electrons. The van der Waals surface area contributed by atoms with Crippen LogP contribution in [-0.2, 0) is 19.6 Å². The standard InChI is InChI=1S/C23H23ClFNO2/c1-27-22-11-5-8-19(15-26-13-12-18-7-2-3-10-21(18)25)23(22)28-16-17-6-4-9-20(24)14-17/h2-11,14,26H,12-13,15-16H2,1H3. The van der Waals surface area contributed by atoms with Gasteiger partial charge < -0.3 is 14.8 Å². The molecule has 0 aromatic heterocycles. The molecule has 28 heavy (non-hydrogen) atoms. The summed E-state index contributed by atoms with van der Waals surface area (Å²) in [7, 11) is 1.62. The predicted molar refractivity (Wildman–Crippen MR) is 111 cm³/mol. The Morgan fingerprint density at radius 3 is 2.54 bits per heavy atom. The third-order valence-electron chi connectivity index (χ3n) is 4.40. The van der Waals surface area contributed by atoms with Crippen LogP contribution in [-0.4, -0.2) is 13.7 Å². The Morgan fingerprint density at radius 2 is 1.75 bits per heavy atom. The molecule has 3 nitrogen and oxygen atoms in total. The molecule has 0 aliphatic rings. The fraction of sp³-hybridized carbons (Fsp3) is 0.217. The van der Waals surface area contributed by atoms with Crippen molar-refractivity contribution in [3.8, 4) is 11.5 Å². The smallest absolute Gasteiger partial charge is 0.166 e. The number of ether oxygens (including phenoxy) is 2. The number of para-hydroxylation sites is 1. The van der Waals surface area contributed by atoms with Crippen LogP contribution in [0.4, 0.5) is 4.39 Å². The molecule has 0 bridgehead atoms. The molecule has 0 unspecified atom stereocenters. The normalized spacial score (nSPS) is 10.7. The summed E-state index contributed by atoms with van der Waals surface area (Å²) < 4.78 is 25.2. The van der Waals surface area contributed by atoms with Crippen molar-refractivity contribution in [2.45, 2.75) is 19.6 Å². The summed E-state index contributed by atoms with van der Waals surface area (Å²) in [6, 6.07) is 20.2. The van der Waals surface area contributed by atoms with Gasteiger partial charge in [-0.3, -0.25) is 0 Å². The minimum Gasteiger partial charge on any atom is -0.493 e. The number of benzene rings is 3. The van der Waals surface area contributed by atoms with Crippen LogP contribution >= 0.6 is 11.6 Å². The van der Waals surface area contributed by atoms with Gasteiger partial charge in [-0.25, -0.2) is 4.39 Å². The van der Waals surface area contributed by atoms with Crippen LogP contribution in [0.25, 0.3) is 0 Å². The van der Waals surface area contributed by atoms with Gasteiger partial charge in [0.05, 0.1) is 7.11 Å². The summed E-state index contributed by atoms with van der Waals surface area (Å²) in [5.74, 6) is 1.20. The first-order valence-electron chi connectivity index (χ1n) is 9.14. The quantitative estimate of drug-likeness (QED) is 0.489. The van der Waals surface area contributed by atoms with Gasteiger partial charge >= 0.3 is 0 Å². The van der Waals surface area contributed by atoms with Crippen molar-refractivity contribution in [2.75, 3.05) is 13.7 Å². The monoisotopic (exact) mass is 399 g/mol. The summed E-state index contributed by atoms with van der Waals surface area (Å²) in [4.78, 5) is 0. The Hall–Kier alpha value is -2.56. The van der Waals surface area contributed by atoms with E-state index in [-0.39, 0.29) is 5.82 Å². The Kier molecular flexibility index (Phi) is 7.29. The average Bonchev–Trinajstić information content (AvgIpc) is 2.71. The van der Waals surface area contributed by atoms with Crippen molar-refractivity contribution < 1.29 is 13.9 Å². The molecular formula is C23H23ClFNO2. The van der Waals surface area contributed by atoms with Crippen LogP contribution in [0, 0.1) is 5.82 Å². The second-order valence-corrected chi connectivity index (χ2v) is 6.82. The van der Waals surface area contributed by atoms with E-state index in [1.165, 1.54) is 6.07 Å². The highest BCUT2D eigenvalue weighted by molar-refractivity contribution is 6.30. The van der Waals surface area contributed by atoms with Gasteiger partial charge in [-0.1, -0.05) is 54.1 Å². The molecule has 0 atom stereocenters. The largest absolute Gasteiger partial charge is 0.493 e. The molecule has 5 heteroatoms. The zero-order valence-electron chi connectivity index (χ0n) is 15.8.